The van der Waals surface area contributed by atoms with Crippen LogP contribution in [0.4, 0.5) is 0 Å². The van der Waals surface area contributed by atoms with Gasteiger partial charge in [-0.3, -0.25) is 14.6 Å². The number of pyridine rings is 1. The van der Waals surface area contributed by atoms with Gasteiger partial charge in [0.05, 0.1) is 12.2 Å². The van der Waals surface area contributed by atoms with Crippen molar-refractivity contribution in [3.05, 3.63) is 30.1 Å². The number of carbonyl (C=O) groups is 2. The van der Waals surface area contributed by atoms with Gasteiger partial charge in [0.25, 0.3) is 5.91 Å². The van der Waals surface area contributed by atoms with E-state index in [4.69, 9.17) is 0 Å². The molecule has 2 heterocycles. The van der Waals surface area contributed by atoms with Gasteiger partial charge in [-0.05, 0) is 12.1 Å². The predicted octanol–water partition coefficient (Wildman–Crippen LogP) is -0.839. The van der Waals surface area contributed by atoms with Crippen molar-refractivity contribution >= 4 is 21.8 Å². The predicted molar refractivity (Wildman–Crippen MR) is 84.1 cm³/mol. The second-order valence-electron chi connectivity index (χ2n) is 5.40. The van der Waals surface area contributed by atoms with Crippen LogP contribution in [0.1, 0.15) is 10.5 Å². The Labute approximate surface area is 135 Å². The largest absolute Gasteiger partial charge is 0.359 e. The number of hydrogen-bond donors (Lipinski definition) is 1. The number of hydrogen-bond acceptors (Lipinski definition) is 5. The molecule has 0 radical (unpaired) electrons. The Kier molecular flexibility index (Phi) is 5.32. The maximum absolute atomic E-state index is 12.5. The Balaban J connectivity index is 2.25. The SMILES string of the molecule is CNC(=O)[C@@H]1CN(C(=O)c2ccccn2)CCN(S(C)(=O)=O)C1. The van der Waals surface area contributed by atoms with Crippen LogP contribution in [-0.4, -0.2) is 73.9 Å². The van der Waals surface area contributed by atoms with E-state index in [-0.39, 0.29) is 43.7 Å². The van der Waals surface area contributed by atoms with Crippen molar-refractivity contribution < 1.29 is 18.0 Å². The number of amides is 2. The van der Waals surface area contributed by atoms with Gasteiger partial charge in [0.1, 0.15) is 5.69 Å². The molecule has 1 aromatic heterocycles. The minimum atomic E-state index is -3.44. The lowest BCUT2D eigenvalue weighted by Crippen LogP contribution is -2.42. The number of sulfonamides is 1. The molecule has 9 heteroatoms. The van der Waals surface area contributed by atoms with Crippen molar-refractivity contribution in [2.75, 3.05) is 39.5 Å². The van der Waals surface area contributed by atoms with Crippen LogP contribution in [0.25, 0.3) is 0 Å². The molecule has 2 amide bonds. The van der Waals surface area contributed by atoms with Crippen LogP contribution in [0.3, 0.4) is 0 Å². The van der Waals surface area contributed by atoms with E-state index in [1.165, 1.54) is 22.4 Å². The number of rotatable bonds is 3. The topological polar surface area (TPSA) is 99.7 Å². The standard InChI is InChI=1S/C14H20N4O4S/c1-15-13(19)11-9-17(7-8-18(10-11)23(2,21)22)14(20)12-5-3-4-6-16-12/h3-6,11H,7-10H2,1-2H3,(H,15,19)/t11-/m1/s1. The molecular weight excluding hydrogens is 320 g/mol. The minimum absolute atomic E-state index is 0.0600. The summed E-state index contributed by atoms with van der Waals surface area (Å²) in [5.74, 6) is -1.22. The summed E-state index contributed by atoms with van der Waals surface area (Å²) in [4.78, 5) is 30.0. The van der Waals surface area contributed by atoms with Crippen molar-refractivity contribution in [1.29, 1.82) is 0 Å². The maximum Gasteiger partial charge on any atom is 0.272 e. The van der Waals surface area contributed by atoms with Crippen LogP contribution in [0.5, 0.6) is 0 Å². The Bertz CT molecular complexity index is 677. The van der Waals surface area contributed by atoms with Crippen molar-refractivity contribution in [1.82, 2.24) is 19.5 Å². The van der Waals surface area contributed by atoms with E-state index in [1.807, 2.05) is 0 Å². The van der Waals surface area contributed by atoms with Gasteiger partial charge in [-0.15, -0.1) is 0 Å². The highest BCUT2D eigenvalue weighted by atomic mass is 32.2. The molecule has 1 saturated heterocycles. The quantitative estimate of drug-likeness (QED) is 0.773. The number of carbonyl (C=O) groups excluding carboxylic acids is 2. The van der Waals surface area contributed by atoms with Gasteiger partial charge in [0, 0.05) is 39.4 Å². The molecule has 1 aliphatic heterocycles. The summed E-state index contributed by atoms with van der Waals surface area (Å²) in [7, 11) is -1.95. The van der Waals surface area contributed by atoms with E-state index >= 15 is 0 Å². The summed E-state index contributed by atoms with van der Waals surface area (Å²) in [5.41, 5.74) is 0.274. The van der Waals surface area contributed by atoms with Gasteiger partial charge in [-0.2, -0.15) is 4.31 Å². The number of aromatic nitrogens is 1. The maximum atomic E-state index is 12.5. The van der Waals surface area contributed by atoms with E-state index in [0.717, 1.165) is 6.26 Å². The van der Waals surface area contributed by atoms with Gasteiger partial charge in [-0.25, -0.2) is 8.42 Å². The third-order valence-electron chi connectivity index (χ3n) is 3.74. The van der Waals surface area contributed by atoms with Crippen LogP contribution in [0.2, 0.25) is 0 Å². The molecule has 0 bridgehead atoms. The highest BCUT2D eigenvalue weighted by Crippen LogP contribution is 2.15. The fraction of sp³-hybridized carbons (Fsp3) is 0.500. The molecular formula is C14H20N4O4S. The summed E-state index contributed by atoms with van der Waals surface area (Å²) in [6.07, 6.45) is 2.62. The van der Waals surface area contributed by atoms with Crippen molar-refractivity contribution in [2.45, 2.75) is 0 Å². The molecule has 1 aliphatic rings. The van der Waals surface area contributed by atoms with Crippen LogP contribution >= 0.6 is 0 Å². The molecule has 1 N–H and O–H groups in total. The number of nitrogens with zero attached hydrogens (tertiary/aromatic N) is 3. The first kappa shape index (κ1) is 17.4. The minimum Gasteiger partial charge on any atom is -0.359 e. The Hall–Kier alpha value is -2.00. The lowest BCUT2D eigenvalue weighted by atomic mass is 10.1. The summed E-state index contributed by atoms with van der Waals surface area (Å²) in [6, 6.07) is 5.01. The molecule has 23 heavy (non-hydrogen) atoms. The first-order chi connectivity index (χ1) is 10.8. The summed E-state index contributed by atoms with van der Waals surface area (Å²) in [5, 5.41) is 2.52. The Morgan fingerprint density at radius 2 is 2.00 bits per heavy atom. The van der Waals surface area contributed by atoms with E-state index in [9.17, 15) is 18.0 Å². The molecule has 0 aromatic carbocycles. The zero-order chi connectivity index (χ0) is 17.0. The smallest absolute Gasteiger partial charge is 0.272 e. The molecule has 2 rings (SSSR count). The van der Waals surface area contributed by atoms with Gasteiger partial charge in [0.2, 0.25) is 15.9 Å². The second-order valence-corrected chi connectivity index (χ2v) is 7.38. The lowest BCUT2D eigenvalue weighted by Gasteiger charge is -2.22. The highest BCUT2D eigenvalue weighted by Gasteiger charge is 2.33. The van der Waals surface area contributed by atoms with Crippen LogP contribution in [0.15, 0.2) is 24.4 Å². The van der Waals surface area contributed by atoms with Gasteiger partial charge in [0.15, 0.2) is 0 Å². The molecule has 0 saturated carbocycles. The lowest BCUT2D eigenvalue weighted by molar-refractivity contribution is -0.124. The molecule has 1 atom stereocenters. The molecule has 0 aliphatic carbocycles. The van der Waals surface area contributed by atoms with E-state index in [1.54, 1.807) is 18.2 Å². The molecule has 126 valence electrons. The zero-order valence-corrected chi connectivity index (χ0v) is 13.9. The molecule has 1 fully saturated rings. The van der Waals surface area contributed by atoms with Gasteiger partial charge in [-0.1, -0.05) is 6.07 Å². The first-order valence-corrected chi connectivity index (χ1v) is 9.04. The number of nitrogens with one attached hydrogen (secondary N) is 1. The molecule has 8 nitrogen and oxygen atoms in total. The first-order valence-electron chi connectivity index (χ1n) is 7.20. The van der Waals surface area contributed by atoms with Crippen LogP contribution < -0.4 is 5.32 Å². The molecule has 1 aromatic rings. The highest BCUT2D eigenvalue weighted by molar-refractivity contribution is 7.88. The van der Waals surface area contributed by atoms with E-state index in [0.29, 0.717) is 0 Å². The summed E-state index contributed by atoms with van der Waals surface area (Å²) in [6.45, 7) is 0.590. The molecule has 0 unspecified atom stereocenters. The average molecular weight is 340 g/mol. The van der Waals surface area contributed by atoms with E-state index in [2.05, 4.69) is 10.3 Å². The Morgan fingerprint density at radius 3 is 2.57 bits per heavy atom. The van der Waals surface area contributed by atoms with Crippen molar-refractivity contribution in [3.63, 3.8) is 0 Å². The third kappa shape index (κ3) is 4.26. The fourth-order valence-corrected chi connectivity index (χ4v) is 3.36. The fourth-order valence-electron chi connectivity index (χ4n) is 2.49. The van der Waals surface area contributed by atoms with Crippen molar-refractivity contribution in [2.24, 2.45) is 5.92 Å². The van der Waals surface area contributed by atoms with Gasteiger partial charge >= 0.3 is 0 Å². The van der Waals surface area contributed by atoms with Crippen molar-refractivity contribution in [3.8, 4) is 0 Å². The van der Waals surface area contributed by atoms with Crippen LogP contribution in [0, 0.1) is 5.92 Å². The van der Waals surface area contributed by atoms with Crippen LogP contribution in [-0.2, 0) is 14.8 Å². The van der Waals surface area contributed by atoms with Gasteiger partial charge < -0.3 is 10.2 Å². The molecule has 0 spiro atoms. The second kappa shape index (κ2) is 7.05. The average Bonchev–Trinajstić information content (AvgIpc) is 2.77. The Morgan fingerprint density at radius 1 is 1.26 bits per heavy atom. The van der Waals surface area contributed by atoms with E-state index < -0.39 is 15.9 Å². The summed E-state index contributed by atoms with van der Waals surface area (Å²) >= 11 is 0. The third-order valence-corrected chi connectivity index (χ3v) is 5.01. The normalized spacial score (nSPS) is 19.9. The summed E-state index contributed by atoms with van der Waals surface area (Å²) < 4.78 is 24.9. The zero-order valence-electron chi connectivity index (χ0n) is 13.1. The monoisotopic (exact) mass is 340 g/mol.